The fraction of sp³-hybridized carbons (Fsp3) is 0.750. The van der Waals surface area contributed by atoms with Gasteiger partial charge >= 0.3 is 12.1 Å². The number of rotatable bonds is 5. The van der Waals surface area contributed by atoms with Crippen molar-refractivity contribution in [3.8, 4) is 0 Å². The van der Waals surface area contributed by atoms with Crippen LogP contribution < -0.4 is 5.32 Å². The van der Waals surface area contributed by atoms with Gasteiger partial charge in [0.15, 0.2) is 0 Å². The zero-order valence-corrected chi connectivity index (χ0v) is 8.28. The molecular formula is C8H15NO5. The van der Waals surface area contributed by atoms with E-state index >= 15 is 0 Å². The molecule has 0 fully saturated rings. The number of esters is 1. The van der Waals surface area contributed by atoms with Crippen molar-refractivity contribution >= 4 is 12.1 Å². The van der Waals surface area contributed by atoms with Crippen LogP contribution in [0.5, 0.6) is 0 Å². The van der Waals surface area contributed by atoms with E-state index in [1.165, 1.54) is 14.2 Å². The van der Waals surface area contributed by atoms with Gasteiger partial charge in [0, 0.05) is 13.0 Å². The zero-order valence-electron chi connectivity index (χ0n) is 8.28. The quantitative estimate of drug-likeness (QED) is 0.599. The lowest BCUT2D eigenvalue weighted by atomic mass is 10.2. The highest BCUT2D eigenvalue weighted by Crippen LogP contribution is 1.97. The minimum atomic E-state index is -0.770. The Hall–Kier alpha value is -1.30. The zero-order chi connectivity index (χ0) is 11.0. The molecule has 6 nitrogen and oxygen atoms in total. The van der Waals surface area contributed by atoms with Gasteiger partial charge < -0.3 is 19.9 Å². The van der Waals surface area contributed by atoms with Crippen LogP contribution in [0.3, 0.4) is 0 Å². The molecule has 0 saturated heterocycles. The van der Waals surface area contributed by atoms with E-state index in [1.54, 1.807) is 0 Å². The summed E-state index contributed by atoms with van der Waals surface area (Å²) in [7, 11) is 2.51. The summed E-state index contributed by atoms with van der Waals surface area (Å²) in [4.78, 5) is 21.2. The molecular weight excluding hydrogens is 190 g/mol. The number of alkyl carbamates (subject to hydrolysis) is 1. The summed E-state index contributed by atoms with van der Waals surface area (Å²) in [6.07, 6.45) is -1.01. The van der Waals surface area contributed by atoms with Crippen LogP contribution in [0.1, 0.15) is 12.8 Å². The summed E-state index contributed by atoms with van der Waals surface area (Å²) in [5.41, 5.74) is 0. The van der Waals surface area contributed by atoms with Crippen molar-refractivity contribution in [3.63, 3.8) is 0 Å². The van der Waals surface area contributed by atoms with Gasteiger partial charge in [-0.05, 0) is 6.42 Å². The molecule has 0 radical (unpaired) electrons. The Morgan fingerprint density at radius 3 is 2.50 bits per heavy atom. The molecule has 0 aliphatic carbocycles. The monoisotopic (exact) mass is 205 g/mol. The molecule has 0 heterocycles. The van der Waals surface area contributed by atoms with Crippen molar-refractivity contribution in [3.05, 3.63) is 0 Å². The second-order valence-electron chi connectivity index (χ2n) is 2.64. The maximum Gasteiger partial charge on any atom is 0.406 e. The molecule has 0 aliphatic heterocycles. The highest BCUT2D eigenvalue weighted by atomic mass is 16.5. The van der Waals surface area contributed by atoms with Crippen LogP contribution in [-0.4, -0.2) is 44.0 Å². The molecule has 0 aliphatic rings. The van der Waals surface area contributed by atoms with Crippen molar-refractivity contribution < 1.29 is 24.2 Å². The normalized spacial score (nSPS) is 11.6. The SMILES string of the molecule is COC(=O)CCC(O)CNC(=O)OC. The third kappa shape index (κ3) is 6.24. The Morgan fingerprint density at radius 2 is 2.00 bits per heavy atom. The topological polar surface area (TPSA) is 84.9 Å². The lowest BCUT2D eigenvalue weighted by Gasteiger charge is -2.09. The maximum absolute atomic E-state index is 10.7. The molecule has 0 bridgehead atoms. The largest absolute Gasteiger partial charge is 0.469 e. The van der Waals surface area contributed by atoms with Gasteiger partial charge in [-0.3, -0.25) is 4.79 Å². The molecule has 0 rings (SSSR count). The fourth-order valence-electron chi connectivity index (χ4n) is 0.762. The van der Waals surface area contributed by atoms with Crippen molar-refractivity contribution in [2.45, 2.75) is 18.9 Å². The lowest BCUT2D eigenvalue weighted by Crippen LogP contribution is -2.32. The van der Waals surface area contributed by atoms with E-state index in [9.17, 15) is 14.7 Å². The van der Waals surface area contributed by atoms with Gasteiger partial charge in [0.05, 0.1) is 20.3 Å². The second kappa shape index (κ2) is 7.14. The van der Waals surface area contributed by atoms with Gasteiger partial charge in [-0.25, -0.2) is 4.79 Å². The van der Waals surface area contributed by atoms with E-state index in [-0.39, 0.29) is 25.4 Å². The number of carbonyl (C=O) groups excluding carboxylic acids is 2. The van der Waals surface area contributed by atoms with Gasteiger partial charge in [-0.2, -0.15) is 0 Å². The van der Waals surface area contributed by atoms with Crippen LogP contribution >= 0.6 is 0 Å². The van der Waals surface area contributed by atoms with Crippen molar-refractivity contribution in [2.24, 2.45) is 0 Å². The third-order valence-corrected chi connectivity index (χ3v) is 1.58. The number of aliphatic hydroxyl groups excluding tert-OH is 1. The molecule has 0 aromatic heterocycles. The summed E-state index contributed by atoms with van der Waals surface area (Å²) in [6.45, 7) is 0.0592. The van der Waals surface area contributed by atoms with Gasteiger partial charge in [-0.15, -0.1) is 0 Å². The molecule has 0 saturated carbocycles. The van der Waals surface area contributed by atoms with Crippen molar-refractivity contribution in [1.82, 2.24) is 5.32 Å². The van der Waals surface area contributed by atoms with E-state index in [0.717, 1.165) is 0 Å². The number of ether oxygens (including phenoxy) is 2. The number of amides is 1. The first-order chi connectivity index (χ1) is 6.60. The van der Waals surface area contributed by atoms with Gasteiger partial charge in [-0.1, -0.05) is 0 Å². The fourth-order valence-corrected chi connectivity index (χ4v) is 0.762. The minimum Gasteiger partial charge on any atom is -0.469 e. The highest BCUT2D eigenvalue weighted by molar-refractivity contribution is 5.69. The molecule has 1 atom stereocenters. The highest BCUT2D eigenvalue weighted by Gasteiger charge is 2.09. The molecule has 6 heteroatoms. The number of carbonyl (C=O) groups is 2. The third-order valence-electron chi connectivity index (χ3n) is 1.58. The lowest BCUT2D eigenvalue weighted by molar-refractivity contribution is -0.141. The number of methoxy groups -OCH3 is 2. The summed E-state index contributed by atoms with van der Waals surface area (Å²) in [6, 6.07) is 0. The smallest absolute Gasteiger partial charge is 0.406 e. The second-order valence-corrected chi connectivity index (χ2v) is 2.64. The minimum absolute atomic E-state index is 0.0592. The summed E-state index contributed by atoms with van der Waals surface area (Å²) in [5, 5.41) is 11.6. The van der Waals surface area contributed by atoms with Crippen molar-refractivity contribution in [1.29, 1.82) is 0 Å². The van der Waals surface area contributed by atoms with Crippen LogP contribution in [0.4, 0.5) is 4.79 Å². The Kier molecular flexibility index (Phi) is 6.47. The summed E-state index contributed by atoms with van der Waals surface area (Å²) < 4.78 is 8.68. The predicted octanol–water partition coefficient (Wildman–Crippen LogP) is -0.344. The van der Waals surface area contributed by atoms with Crippen molar-refractivity contribution in [2.75, 3.05) is 20.8 Å². The predicted molar refractivity (Wildman–Crippen MR) is 47.7 cm³/mol. The Morgan fingerprint density at radius 1 is 1.36 bits per heavy atom. The summed E-state index contributed by atoms with van der Waals surface area (Å²) >= 11 is 0. The molecule has 1 unspecified atom stereocenters. The number of hydrogen-bond donors (Lipinski definition) is 2. The Bertz CT molecular complexity index is 174. The number of aliphatic hydroxyl groups is 1. The average molecular weight is 205 g/mol. The average Bonchev–Trinajstić information content (AvgIpc) is 2.22. The Balaban J connectivity index is 3.50. The molecule has 82 valence electrons. The molecule has 0 aromatic rings. The number of nitrogens with one attached hydrogen (secondary N) is 1. The molecule has 14 heavy (non-hydrogen) atoms. The molecule has 2 N–H and O–H groups in total. The van der Waals surface area contributed by atoms with Crippen LogP contribution in [0.15, 0.2) is 0 Å². The van der Waals surface area contributed by atoms with Crippen LogP contribution in [-0.2, 0) is 14.3 Å². The van der Waals surface area contributed by atoms with E-state index in [2.05, 4.69) is 14.8 Å². The van der Waals surface area contributed by atoms with E-state index < -0.39 is 12.2 Å². The first kappa shape index (κ1) is 12.7. The standard InChI is InChI=1S/C8H15NO5/c1-13-7(11)4-3-6(10)5-9-8(12)14-2/h6,10H,3-5H2,1-2H3,(H,9,12). The maximum atomic E-state index is 10.7. The van der Waals surface area contributed by atoms with E-state index in [1.807, 2.05) is 0 Å². The molecule has 0 spiro atoms. The first-order valence-corrected chi connectivity index (χ1v) is 4.16. The summed E-state index contributed by atoms with van der Waals surface area (Å²) in [5.74, 6) is -0.387. The molecule has 0 aromatic carbocycles. The van der Waals surface area contributed by atoms with Crippen LogP contribution in [0, 0.1) is 0 Å². The first-order valence-electron chi connectivity index (χ1n) is 4.16. The van der Waals surface area contributed by atoms with Crippen LogP contribution in [0.2, 0.25) is 0 Å². The van der Waals surface area contributed by atoms with E-state index in [4.69, 9.17) is 0 Å². The molecule has 1 amide bonds. The van der Waals surface area contributed by atoms with Crippen LogP contribution in [0.25, 0.3) is 0 Å². The van der Waals surface area contributed by atoms with E-state index in [0.29, 0.717) is 0 Å². The van der Waals surface area contributed by atoms with Gasteiger partial charge in [0.1, 0.15) is 0 Å². The van der Waals surface area contributed by atoms with Gasteiger partial charge in [0.25, 0.3) is 0 Å². The Labute approximate surface area is 82.2 Å². The van der Waals surface area contributed by atoms with Gasteiger partial charge in [0.2, 0.25) is 0 Å². The number of hydrogen-bond acceptors (Lipinski definition) is 5.